The van der Waals surface area contributed by atoms with Crippen LogP contribution < -0.4 is 5.32 Å². The van der Waals surface area contributed by atoms with Crippen molar-refractivity contribution in [2.24, 2.45) is 0 Å². The van der Waals surface area contributed by atoms with Gasteiger partial charge in [-0.25, -0.2) is 0 Å². The first-order valence-corrected chi connectivity index (χ1v) is 6.06. The predicted octanol–water partition coefficient (Wildman–Crippen LogP) is 2.03. The average Bonchev–Trinajstić information content (AvgIpc) is 2.28. The molecule has 1 aliphatic rings. The van der Waals surface area contributed by atoms with Gasteiger partial charge in [-0.3, -0.25) is 0 Å². The van der Waals surface area contributed by atoms with Crippen LogP contribution in [0.15, 0.2) is 12.3 Å². The SMILES string of the molecule is CN1CCCCC1CNc1cnnc(Cl)c1. The zero-order valence-electron chi connectivity index (χ0n) is 9.49. The number of likely N-dealkylation sites (N-methyl/N-ethyl adjacent to an activating group) is 1. The zero-order chi connectivity index (χ0) is 11.4. The van der Waals surface area contributed by atoms with E-state index in [4.69, 9.17) is 11.6 Å². The molecular weight excluding hydrogens is 224 g/mol. The Kier molecular flexibility index (Phi) is 3.96. The highest BCUT2D eigenvalue weighted by Gasteiger charge is 2.18. The Bertz CT molecular complexity index is 345. The van der Waals surface area contributed by atoms with Gasteiger partial charge in [0.2, 0.25) is 0 Å². The Morgan fingerprint density at radius 1 is 1.56 bits per heavy atom. The third-order valence-electron chi connectivity index (χ3n) is 3.09. The number of nitrogens with one attached hydrogen (secondary N) is 1. The van der Waals surface area contributed by atoms with Crippen molar-refractivity contribution >= 4 is 17.3 Å². The van der Waals surface area contributed by atoms with E-state index in [1.807, 2.05) is 0 Å². The van der Waals surface area contributed by atoms with E-state index in [2.05, 4.69) is 27.5 Å². The second-order valence-corrected chi connectivity index (χ2v) is 4.67. The van der Waals surface area contributed by atoms with Gasteiger partial charge in [0.25, 0.3) is 0 Å². The van der Waals surface area contributed by atoms with Gasteiger partial charge < -0.3 is 10.2 Å². The molecule has 1 atom stereocenters. The molecule has 0 radical (unpaired) electrons. The molecule has 1 saturated heterocycles. The highest BCUT2D eigenvalue weighted by Crippen LogP contribution is 2.16. The molecule has 1 unspecified atom stereocenters. The maximum atomic E-state index is 5.77. The van der Waals surface area contributed by atoms with Crippen LogP contribution in [0.4, 0.5) is 5.69 Å². The fourth-order valence-corrected chi connectivity index (χ4v) is 2.24. The standard InChI is InChI=1S/C11H17ClN4/c1-16-5-3-2-4-10(16)8-13-9-6-11(12)15-14-7-9/h6-7,10H,2-5,8H2,1H3,(H,13,15). The monoisotopic (exact) mass is 240 g/mol. The maximum absolute atomic E-state index is 5.77. The highest BCUT2D eigenvalue weighted by molar-refractivity contribution is 6.29. The molecule has 0 amide bonds. The Labute approximate surface area is 101 Å². The average molecular weight is 241 g/mol. The van der Waals surface area contributed by atoms with E-state index < -0.39 is 0 Å². The second kappa shape index (κ2) is 5.46. The minimum Gasteiger partial charge on any atom is -0.382 e. The summed E-state index contributed by atoms with van der Waals surface area (Å²) >= 11 is 5.77. The van der Waals surface area contributed by atoms with Crippen molar-refractivity contribution < 1.29 is 0 Å². The molecule has 1 aromatic rings. The van der Waals surface area contributed by atoms with Crippen molar-refractivity contribution in [1.29, 1.82) is 0 Å². The van der Waals surface area contributed by atoms with Crippen LogP contribution in [0.1, 0.15) is 19.3 Å². The number of nitrogens with zero attached hydrogens (tertiary/aromatic N) is 3. The van der Waals surface area contributed by atoms with Crippen molar-refractivity contribution in [1.82, 2.24) is 15.1 Å². The fraction of sp³-hybridized carbons (Fsp3) is 0.636. The van der Waals surface area contributed by atoms with Crippen molar-refractivity contribution in [3.8, 4) is 0 Å². The summed E-state index contributed by atoms with van der Waals surface area (Å²) in [5, 5.41) is 11.3. The van der Waals surface area contributed by atoms with Crippen LogP contribution in [0.3, 0.4) is 0 Å². The van der Waals surface area contributed by atoms with Gasteiger partial charge in [0.15, 0.2) is 5.15 Å². The van der Waals surface area contributed by atoms with E-state index in [0.717, 1.165) is 12.2 Å². The Balaban J connectivity index is 1.86. The summed E-state index contributed by atoms with van der Waals surface area (Å²) in [6, 6.07) is 2.41. The predicted molar refractivity (Wildman–Crippen MR) is 65.8 cm³/mol. The molecule has 4 nitrogen and oxygen atoms in total. The molecule has 2 rings (SSSR count). The molecule has 0 spiro atoms. The Morgan fingerprint density at radius 2 is 2.44 bits per heavy atom. The summed E-state index contributed by atoms with van der Waals surface area (Å²) in [6.45, 7) is 2.14. The third-order valence-corrected chi connectivity index (χ3v) is 3.27. The lowest BCUT2D eigenvalue weighted by Crippen LogP contribution is -2.40. The quantitative estimate of drug-likeness (QED) is 0.878. The molecule has 1 aliphatic heterocycles. The summed E-state index contributed by atoms with van der Waals surface area (Å²) in [6.07, 6.45) is 5.60. The van der Waals surface area contributed by atoms with Crippen molar-refractivity contribution in [2.75, 3.05) is 25.5 Å². The van der Waals surface area contributed by atoms with Gasteiger partial charge in [0.05, 0.1) is 11.9 Å². The van der Waals surface area contributed by atoms with Gasteiger partial charge in [0, 0.05) is 18.7 Å². The summed E-state index contributed by atoms with van der Waals surface area (Å²) in [5.74, 6) is 0. The molecule has 88 valence electrons. The molecule has 1 N–H and O–H groups in total. The van der Waals surface area contributed by atoms with Gasteiger partial charge in [-0.1, -0.05) is 18.0 Å². The third kappa shape index (κ3) is 3.06. The van der Waals surface area contributed by atoms with E-state index >= 15 is 0 Å². The molecular formula is C11H17ClN4. The summed E-state index contributed by atoms with van der Waals surface area (Å²) in [5.41, 5.74) is 0.943. The van der Waals surface area contributed by atoms with Gasteiger partial charge in [-0.15, -0.1) is 5.10 Å². The van der Waals surface area contributed by atoms with E-state index in [9.17, 15) is 0 Å². The molecule has 0 bridgehead atoms. The summed E-state index contributed by atoms with van der Waals surface area (Å²) in [7, 11) is 2.18. The van der Waals surface area contributed by atoms with E-state index in [0.29, 0.717) is 11.2 Å². The van der Waals surface area contributed by atoms with Crippen LogP contribution in [-0.2, 0) is 0 Å². The number of hydrogen-bond donors (Lipinski definition) is 1. The number of aromatic nitrogens is 2. The highest BCUT2D eigenvalue weighted by atomic mass is 35.5. The lowest BCUT2D eigenvalue weighted by atomic mass is 10.0. The Morgan fingerprint density at radius 3 is 3.19 bits per heavy atom. The summed E-state index contributed by atoms with van der Waals surface area (Å²) in [4.78, 5) is 2.41. The zero-order valence-corrected chi connectivity index (χ0v) is 10.2. The van der Waals surface area contributed by atoms with Gasteiger partial charge in [-0.05, 0) is 26.4 Å². The number of rotatable bonds is 3. The van der Waals surface area contributed by atoms with Crippen molar-refractivity contribution in [3.63, 3.8) is 0 Å². The van der Waals surface area contributed by atoms with E-state index in [-0.39, 0.29) is 0 Å². The van der Waals surface area contributed by atoms with Crippen LogP contribution in [-0.4, -0.2) is 41.3 Å². The normalized spacial score (nSPS) is 22.0. The van der Waals surface area contributed by atoms with Crippen LogP contribution in [0.25, 0.3) is 0 Å². The number of anilines is 1. The first-order valence-electron chi connectivity index (χ1n) is 5.68. The first-order chi connectivity index (χ1) is 7.75. The van der Waals surface area contributed by atoms with Gasteiger partial charge >= 0.3 is 0 Å². The van der Waals surface area contributed by atoms with E-state index in [1.54, 1.807) is 12.3 Å². The minimum atomic E-state index is 0.432. The second-order valence-electron chi connectivity index (χ2n) is 4.28. The van der Waals surface area contributed by atoms with Crippen molar-refractivity contribution in [3.05, 3.63) is 17.4 Å². The molecule has 0 aromatic carbocycles. The molecule has 16 heavy (non-hydrogen) atoms. The first kappa shape index (κ1) is 11.6. The van der Waals surface area contributed by atoms with E-state index in [1.165, 1.54) is 25.8 Å². The minimum absolute atomic E-state index is 0.432. The van der Waals surface area contributed by atoms with Crippen LogP contribution >= 0.6 is 11.6 Å². The smallest absolute Gasteiger partial charge is 0.153 e. The number of hydrogen-bond acceptors (Lipinski definition) is 4. The molecule has 5 heteroatoms. The number of halogens is 1. The lowest BCUT2D eigenvalue weighted by molar-refractivity contribution is 0.194. The van der Waals surface area contributed by atoms with Gasteiger partial charge in [-0.2, -0.15) is 5.10 Å². The molecule has 0 saturated carbocycles. The Hall–Kier alpha value is -0.870. The molecule has 0 aliphatic carbocycles. The number of piperidine rings is 1. The largest absolute Gasteiger partial charge is 0.382 e. The molecule has 2 heterocycles. The van der Waals surface area contributed by atoms with Crippen LogP contribution in [0, 0.1) is 0 Å². The molecule has 1 aromatic heterocycles. The van der Waals surface area contributed by atoms with Crippen LogP contribution in [0.5, 0.6) is 0 Å². The van der Waals surface area contributed by atoms with Crippen LogP contribution in [0.2, 0.25) is 5.15 Å². The lowest BCUT2D eigenvalue weighted by Gasteiger charge is -2.32. The van der Waals surface area contributed by atoms with Crippen molar-refractivity contribution in [2.45, 2.75) is 25.3 Å². The van der Waals surface area contributed by atoms with Gasteiger partial charge in [0.1, 0.15) is 0 Å². The maximum Gasteiger partial charge on any atom is 0.153 e. The molecule has 1 fully saturated rings. The topological polar surface area (TPSA) is 41.0 Å². The summed E-state index contributed by atoms with van der Waals surface area (Å²) < 4.78 is 0. The fourth-order valence-electron chi connectivity index (χ4n) is 2.08. The number of likely N-dealkylation sites (tertiary alicyclic amines) is 1.